The number of rotatable bonds is 8. The molecule has 0 unspecified atom stereocenters. The van der Waals surface area contributed by atoms with E-state index in [1.54, 1.807) is 7.11 Å². The van der Waals surface area contributed by atoms with Crippen LogP contribution in [0.3, 0.4) is 0 Å². The molecule has 0 rings (SSSR count). The van der Waals surface area contributed by atoms with Gasteiger partial charge in [-0.25, -0.2) is 0 Å². The van der Waals surface area contributed by atoms with Crippen LogP contribution in [0.1, 0.15) is 12.8 Å². The predicted octanol–water partition coefficient (Wildman–Crippen LogP) is -0.0938. The molecule has 1 N–H and O–H groups in total. The zero-order valence-electron chi connectivity index (χ0n) is 8.45. The summed E-state index contributed by atoms with van der Waals surface area (Å²) < 4.78 is 4.91. The molecule has 0 fully saturated rings. The Morgan fingerprint density at radius 2 is 2.15 bits per heavy atom. The standard InChI is InChI=1S/C9H19NO3/c1-10(6-7-13-2)5-3-4-9(12)8-11/h11H,3-8H2,1-2H3. The van der Waals surface area contributed by atoms with Crippen molar-refractivity contribution in [2.45, 2.75) is 12.8 Å². The lowest BCUT2D eigenvalue weighted by Crippen LogP contribution is -2.24. The van der Waals surface area contributed by atoms with Crippen molar-refractivity contribution in [2.75, 3.05) is 40.5 Å². The number of nitrogens with zero attached hydrogens (tertiary/aromatic N) is 1. The Bertz CT molecular complexity index is 139. The predicted molar refractivity (Wildman–Crippen MR) is 50.7 cm³/mol. The average Bonchev–Trinajstić information content (AvgIpc) is 2.14. The Balaban J connectivity index is 3.26. The molecule has 4 nitrogen and oxygen atoms in total. The molecule has 0 saturated heterocycles. The fourth-order valence-electron chi connectivity index (χ4n) is 0.984. The summed E-state index contributed by atoms with van der Waals surface area (Å²) in [4.78, 5) is 12.8. The van der Waals surface area contributed by atoms with Gasteiger partial charge in [-0.3, -0.25) is 4.79 Å². The van der Waals surface area contributed by atoms with Crippen LogP contribution >= 0.6 is 0 Å². The van der Waals surface area contributed by atoms with E-state index >= 15 is 0 Å². The van der Waals surface area contributed by atoms with Crippen molar-refractivity contribution in [1.29, 1.82) is 0 Å². The van der Waals surface area contributed by atoms with Crippen molar-refractivity contribution >= 4 is 5.78 Å². The van der Waals surface area contributed by atoms with Crippen LogP contribution in [0.15, 0.2) is 0 Å². The number of likely N-dealkylation sites (N-methyl/N-ethyl adjacent to an activating group) is 1. The van der Waals surface area contributed by atoms with Gasteiger partial charge in [0.1, 0.15) is 6.61 Å². The van der Waals surface area contributed by atoms with Gasteiger partial charge in [0.15, 0.2) is 5.78 Å². The topological polar surface area (TPSA) is 49.8 Å². The number of Topliss-reactive ketones (excluding diaryl/α,β-unsaturated/α-hetero) is 1. The number of hydrogen-bond acceptors (Lipinski definition) is 4. The van der Waals surface area contributed by atoms with Crippen LogP contribution in [-0.2, 0) is 9.53 Å². The van der Waals surface area contributed by atoms with Gasteiger partial charge in [0.2, 0.25) is 0 Å². The quantitative estimate of drug-likeness (QED) is 0.579. The first-order valence-electron chi connectivity index (χ1n) is 4.50. The monoisotopic (exact) mass is 189 g/mol. The lowest BCUT2D eigenvalue weighted by molar-refractivity contribution is -0.121. The minimum absolute atomic E-state index is 0.0832. The third-order valence-electron chi connectivity index (χ3n) is 1.85. The van der Waals surface area contributed by atoms with Gasteiger partial charge in [-0.15, -0.1) is 0 Å². The first kappa shape index (κ1) is 12.6. The van der Waals surface area contributed by atoms with Crippen LogP contribution in [0.2, 0.25) is 0 Å². The molecule has 0 aliphatic heterocycles. The number of carbonyl (C=O) groups excluding carboxylic acids is 1. The van der Waals surface area contributed by atoms with Crippen molar-refractivity contribution in [3.63, 3.8) is 0 Å². The molecule has 0 aliphatic carbocycles. The molecule has 0 amide bonds. The third-order valence-corrected chi connectivity index (χ3v) is 1.85. The average molecular weight is 189 g/mol. The summed E-state index contributed by atoms with van der Waals surface area (Å²) in [6.07, 6.45) is 1.27. The molecule has 0 aliphatic rings. The van der Waals surface area contributed by atoms with Crippen LogP contribution in [0, 0.1) is 0 Å². The van der Waals surface area contributed by atoms with Gasteiger partial charge in [-0.05, 0) is 20.0 Å². The van der Waals surface area contributed by atoms with E-state index in [0.29, 0.717) is 13.0 Å². The highest BCUT2D eigenvalue weighted by Gasteiger charge is 2.01. The molecule has 0 aromatic heterocycles. The van der Waals surface area contributed by atoms with E-state index in [4.69, 9.17) is 9.84 Å². The van der Waals surface area contributed by atoms with Crippen LogP contribution in [0.25, 0.3) is 0 Å². The van der Waals surface area contributed by atoms with E-state index in [1.165, 1.54) is 0 Å². The van der Waals surface area contributed by atoms with Crippen molar-refractivity contribution in [3.05, 3.63) is 0 Å². The molecule has 13 heavy (non-hydrogen) atoms. The second kappa shape index (κ2) is 8.16. The van der Waals surface area contributed by atoms with Crippen molar-refractivity contribution in [1.82, 2.24) is 4.90 Å². The highest BCUT2D eigenvalue weighted by molar-refractivity contribution is 5.79. The fourth-order valence-corrected chi connectivity index (χ4v) is 0.984. The van der Waals surface area contributed by atoms with Gasteiger partial charge in [-0.1, -0.05) is 0 Å². The van der Waals surface area contributed by atoms with Gasteiger partial charge < -0.3 is 14.7 Å². The molecular formula is C9H19NO3. The van der Waals surface area contributed by atoms with Gasteiger partial charge >= 0.3 is 0 Å². The first-order chi connectivity index (χ1) is 6.20. The molecule has 4 heteroatoms. The van der Waals surface area contributed by atoms with E-state index < -0.39 is 0 Å². The number of ether oxygens (including phenoxy) is 1. The maximum absolute atomic E-state index is 10.7. The number of hydrogen-bond donors (Lipinski definition) is 1. The maximum Gasteiger partial charge on any atom is 0.158 e. The summed E-state index contributed by atoms with van der Waals surface area (Å²) in [5.74, 6) is -0.0832. The van der Waals surface area contributed by atoms with Crippen LogP contribution < -0.4 is 0 Å². The fraction of sp³-hybridized carbons (Fsp3) is 0.889. The Morgan fingerprint density at radius 1 is 1.46 bits per heavy atom. The van der Waals surface area contributed by atoms with E-state index in [1.807, 2.05) is 7.05 Å². The van der Waals surface area contributed by atoms with E-state index in [-0.39, 0.29) is 12.4 Å². The van der Waals surface area contributed by atoms with Crippen LogP contribution in [-0.4, -0.2) is 56.3 Å². The lowest BCUT2D eigenvalue weighted by atomic mass is 10.2. The summed E-state index contributed by atoms with van der Waals surface area (Å²) in [7, 11) is 3.66. The normalized spacial score (nSPS) is 10.8. The Hall–Kier alpha value is -0.450. The molecule has 0 spiro atoms. The lowest BCUT2D eigenvalue weighted by Gasteiger charge is -2.14. The largest absolute Gasteiger partial charge is 0.389 e. The Kier molecular flexibility index (Phi) is 7.88. The summed E-state index contributed by atoms with van der Waals surface area (Å²) in [6, 6.07) is 0. The van der Waals surface area contributed by atoms with Crippen LogP contribution in [0.4, 0.5) is 0 Å². The number of aliphatic hydroxyl groups is 1. The van der Waals surface area contributed by atoms with Gasteiger partial charge in [0.05, 0.1) is 6.61 Å². The second-order valence-corrected chi connectivity index (χ2v) is 3.10. The molecule has 0 heterocycles. The first-order valence-corrected chi connectivity index (χ1v) is 4.50. The van der Waals surface area contributed by atoms with Crippen molar-refractivity contribution < 1.29 is 14.6 Å². The molecular weight excluding hydrogens is 170 g/mol. The Morgan fingerprint density at radius 3 is 2.69 bits per heavy atom. The summed E-state index contributed by atoms with van der Waals surface area (Å²) >= 11 is 0. The van der Waals surface area contributed by atoms with E-state index in [0.717, 1.165) is 19.5 Å². The number of ketones is 1. The summed E-state index contributed by atoms with van der Waals surface area (Å²) in [5.41, 5.74) is 0. The summed E-state index contributed by atoms with van der Waals surface area (Å²) in [5, 5.41) is 8.46. The molecule has 0 radical (unpaired) electrons. The van der Waals surface area contributed by atoms with Crippen LogP contribution in [0.5, 0.6) is 0 Å². The number of carbonyl (C=O) groups is 1. The van der Waals surface area contributed by atoms with E-state index in [9.17, 15) is 4.79 Å². The number of methoxy groups -OCH3 is 1. The maximum atomic E-state index is 10.7. The third kappa shape index (κ3) is 7.90. The molecule has 78 valence electrons. The minimum Gasteiger partial charge on any atom is -0.389 e. The number of aliphatic hydroxyl groups excluding tert-OH is 1. The minimum atomic E-state index is -0.332. The molecule has 0 atom stereocenters. The highest BCUT2D eigenvalue weighted by Crippen LogP contribution is 1.93. The molecule has 0 aromatic rings. The smallest absolute Gasteiger partial charge is 0.158 e. The highest BCUT2D eigenvalue weighted by atomic mass is 16.5. The molecule has 0 saturated carbocycles. The second-order valence-electron chi connectivity index (χ2n) is 3.10. The van der Waals surface area contributed by atoms with Gasteiger partial charge in [-0.2, -0.15) is 0 Å². The zero-order valence-corrected chi connectivity index (χ0v) is 8.45. The van der Waals surface area contributed by atoms with Crippen molar-refractivity contribution in [3.8, 4) is 0 Å². The Labute approximate surface area is 79.5 Å². The summed E-state index contributed by atoms with van der Waals surface area (Å²) in [6.45, 7) is 2.13. The SMILES string of the molecule is COCCN(C)CCCC(=O)CO. The molecule has 0 aromatic carbocycles. The zero-order chi connectivity index (χ0) is 10.1. The van der Waals surface area contributed by atoms with Crippen molar-refractivity contribution in [2.24, 2.45) is 0 Å². The van der Waals surface area contributed by atoms with E-state index in [2.05, 4.69) is 4.90 Å². The van der Waals surface area contributed by atoms with Gasteiger partial charge in [0, 0.05) is 20.1 Å². The molecule has 0 bridgehead atoms. The van der Waals surface area contributed by atoms with Gasteiger partial charge in [0.25, 0.3) is 0 Å².